The number of carbonyl (C=O) groups is 1. The van der Waals surface area contributed by atoms with Gasteiger partial charge in [0.15, 0.2) is 0 Å². The minimum Gasteiger partial charge on any atom is -0.485 e. The molecule has 32 heavy (non-hydrogen) atoms. The summed E-state index contributed by atoms with van der Waals surface area (Å²) in [7, 11) is 0. The maximum atomic E-state index is 13.7. The summed E-state index contributed by atoms with van der Waals surface area (Å²) in [6, 6.07) is 15.9. The van der Waals surface area contributed by atoms with E-state index in [0.29, 0.717) is 34.0 Å². The number of rotatable bonds is 5. The van der Waals surface area contributed by atoms with Gasteiger partial charge in [-0.3, -0.25) is 9.20 Å². The van der Waals surface area contributed by atoms with Crippen LogP contribution in [0.1, 0.15) is 16.8 Å². The van der Waals surface area contributed by atoms with Crippen molar-refractivity contribution in [3.8, 4) is 5.75 Å². The second-order valence-corrected chi connectivity index (χ2v) is 7.35. The van der Waals surface area contributed by atoms with Crippen molar-refractivity contribution in [1.29, 1.82) is 0 Å². The van der Waals surface area contributed by atoms with Crippen LogP contribution >= 0.6 is 0 Å². The SMILES string of the molecule is Cc1ccc2nc(COc3ccccc3NC(=O)Nc3ccc(C)c(F)c3)cc(=O)n2c1. The Bertz CT molecular complexity index is 1370. The summed E-state index contributed by atoms with van der Waals surface area (Å²) in [6.45, 7) is 3.59. The summed E-state index contributed by atoms with van der Waals surface area (Å²) in [6.07, 6.45) is 1.73. The van der Waals surface area contributed by atoms with Gasteiger partial charge < -0.3 is 15.4 Å². The average Bonchev–Trinajstić information content (AvgIpc) is 2.76. The van der Waals surface area contributed by atoms with Crippen molar-refractivity contribution in [2.45, 2.75) is 20.5 Å². The molecule has 0 saturated heterocycles. The number of hydrogen-bond acceptors (Lipinski definition) is 4. The molecule has 2 aromatic carbocycles. The predicted octanol–water partition coefficient (Wildman–Crippen LogP) is 4.67. The van der Waals surface area contributed by atoms with Gasteiger partial charge in [0.1, 0.15) is 23.8 Å². The van der Waals surface area contributed by atoms with Crippen molar-refractivity contribution in [1.82, 2.24) is 9.38 Å². The van der Waals surface area contributed by atoms with E-state index >= 15 is 0 Å². The third kappa shape index (κ3) is 4.75. The smallest absolute Gasteiger partial charge is 0.323 e. The van der Waals surface area contributed by atoms with Crippen LogP contribution in [0.25, 0.3) is 5.65 Å². The number of anilines is 2. The molecule has 0 fully saturated rings. The molecule has 0 aliphatic carbocycles. The average molecular weight is 432 g/mol. The van der Waals surface area contributed by atoms with E-state index in [1.54, 1.807) is 55.6 Å². The highest BCUT2D eigenvalue weighted by atomic mass is 19.1. The lowest BCUT2D eigenvalue weighted by atomic mass is 10.2. The second kappa shape index (κ2) is 8.89. The van der Waals surface area contributed by atoms with Crippen LogP contribution in [-0.2, 0) is 6.61 Å². The van der Waals surface area contributed by atoms with Crippen molar-refractivity contribution in [3.63, 3.8) is 0 Å². The fraction of sp³-hybridized carbons (Fsp3) is 0.125. The predicted molar refractivity (Wildman–Crippen MR) is 121 cm³/mol. The first-order chi connectivity index (χ1) is 15.4. The lowest BCUT2D eigenvalue weighted by Crippen LogP contribution is -2.20. The molecule has 8 heteroatoms. The molecule has 0 unspecified atom stereocenters. The molecule has 4 aromatic rings. The van der Waals surface area contributed by atoms with Crippen LogP contribution in [0, 0.1) is 19.7 Å². The Morgan fingerprint density at radius 2 is 1.88 bits per heavy atom. The molecule has 2 N–H and O–H groups in total. The molecule has 0 atom stereocenters. The van der Waals surface area contributed by atoms with Crippen LogP contribution in [0.4, 0.5) is 20.6 Å². The summed E-state index contributed by atoms with van der Waals surface area (Å²) in [5.74, 6) is 0.00382. The molecule has 4 rings (SSSR count). The maximum absolute atomic E-state index is 13.7. The number of hydrogen-bond donors (Lipinski definition) is 2. The molecule has 7 nitrogen and oxygen atoms in total. The van der Waals surface area contributed by atoms with Crippen molar-refractivity contribution in [3.05, 3.63) is 99.9 Å². The largest absolute Gasteiger partial charge is 0.485 e. The van der Waals surface area contributed by atoms with E-state index in [9.17, 15) is 14.0 Å². The number of urea groups is 1. The minimum atomic E-state index is -0.540. The van der Waals surface area contributed by atoms with Crippen LogP contribution in [0.5, 0.6) is 5.75 Å². The van der Waals surface area contributed by atoms with Crippen molar-refractivity contribution < 1.29 is 13.9 Å². The number of halogens is 1. The molecule has 2 amide bonds. The lowest BCUT2D eigenvalue weighted by molar-refractivity contribution is 0.261. The lowest BCUT2D eigenvalue weighted by Gasteiger charge is -2.13. The molecule has 0 bridgehead atoms. The first kappa shape index (κ1) is 21.0. The number of para-hydroxylation sites is 2. The zero-order chi connectivity index (χ0) is 22.7. The third-order valence-electron chi connectivity index (χ3n) is 4.80. The summed E-state index contributed by atoms with van der Waals surface area (Å²) in [4.78, 5) is 29.2. The molecule has 0 aliphatic rings. The fourth-order valence-electron chi connectivity index (χ4n) is 3.13. The Balaban J connectivity index is 1.47. The number of ether oxygens (including phenoxy) is 1. The Hall–Kier alpha value is -4.20. The number of carbonyl (C=O) groups excluding carboxylic acids is 1. The molecule has 0 saturated carbocycles. The van der Waals surface area contributed by atoms with Gasteiger partial charge in [0.25, 0.3) is 5.56 Å². The van der Waals surface area contributed by atoms with Gasteiger partial charge >= 0.3 is 6.03 Å². The number of nitrogens with one attached hydrogen (secondary N) is 2. The zero-order valence-corrected chi connectivity index (χ0v) is 17.6. The zero-order valence-electron chi connectivity index (χ0n) is 17.6. The normalized spacial score (nSPS) is 10.7. The Labute approximate surface area is 183 Å². The third-order valence-corrected chi connectivity index (χ3v) is 4.80. The Morgan fingerprint density at radius 3 is 2.69 bits per heavy atom. The molecule has 0 spiro atoms. The topological polar surface area (TPSA) is 84.7 Å². The minimum absolute atomic E-state index is 0.0447. The van der Waals surface area contributed by atoms with Gasteiger partial charge in [0, 0.05) is 18.0 Å². The van der Waals surface area contributed by atoms with E-state index in [1.165, 1.54) is 16.5 Å². The highest BCUT2D eigenvalue weighted by Crippen LogP contribution is 2.25. The number of aromatic nitrogens is 2. The van der Waals surface area contributed by atoms with Crippen molar-refractivity contribution in [2.24, 2.45) is 0 Å². The molecular weight excluding hydrogens is 411 g/mol. The highest BCUT2D eigenvalue weighted by molar-refractivity contribution is 6.00. The van der Waals surface area contributed by atoms with Crippen LogP contribution in [0.3, 0.4) is 0 Å². The van der Waals surface area contributed by atoms with Gasteiger partial charge in [-0.1, -0.05) is 24.3 Å². The highest BCUT2D eigenvalue weighted by Gasteiger charge is 2.10. The van der Waals surface area contributed by atoms with Gasteiger partial charge in [0.2, 0.25) is 0 Å². The first-order valence-corrected chi connectivity index (χ1v) is 9.94. The van der Waals surface area contributed by atoms with Crippen LogP contribution in [0.2, 0.25) is 0 Å². The van der Waals surface area contributed by atoms with Gasteiger partial charge in [-0.15, -0.1) is 0 Å². The number of fused-ring (bicyclic) bond motifs is 1. The first-order valence-electron chi connectivity index (χ1n) is 9.94. The van der Waals surface area contributed by atoms with Crippen molar-refractivity contribution in [2.75, 3.05) is 10.6 Å². The van der Waals surface area contributed by atoms with E-state index in [2.05, 4.69) is 15.6 Å². The standard InChI is InChI=1S/C24H21FN4O3/c1-15-7-10-22-26-18(12-23(30)29(22)13-15)14-32-21-6-4-3-5-20(21)28-24(31)27-17-9-8-16(2)19(25)11-17/h3-13H,14H2,1-2H3,(H2,27,28,31). The number of benzene rings is 2. The molecule has 2 aromatic heterocycles. The quantitative estimate of drug-likeness (QED) is 0.480. The molecule has 0 radical (unpaired) electrons. The van der Waals surface area contributed by atoms with E-state index in [1.807, 2.05) is 13.0 Å². The van der Waals surface area contributed by atoms with Gasteiger partial charge in [0.05, 0.1) is 11.4 Å². The molecule has 2 heterocycles. The fourth-order valence-corrected chi connectivity index (χ4v) is 3.13. The summed E-state index contributed by atoms with van der Waals surface area (Å²) < 4.78 is 21.0. The second-order valence-electron chi connectivity index (χ2n) is 7.35. The molecular formula is C24H21FN4O3. The van der Waals surface area contributed by atoms with Gasteiger partial charge in [-0.25, -0.2) is 14.2 Å². The summed E-state index contributed by atoms with van der Waals surface area (Å²) in [5.41, 5.74) is 2.99. The van der Waals surface area contributed by atoms with Crippen LogP contribution < -0.4 is 20.9 Å². The van der Waals surface area contributed by atoms with Crippen LogP contribution in [0.15, 0.2) is 71.7 Å². The van der Waals surface area contributed by atoms with E-state index in [4.69, 9.17) is 4.74 Å². The summed E-state index contributed by atoms with van der Waals surface area (Å²) in [5, 5.41) is 5.28. The number of nitrogens with zero attached hydrogens (tertiary/aromatic N) is 2. The monoisotopic (exact) mass is 432 g/mol. The Kier molecular flexibility index (Phi) is 5.85. The summed E-state index contributed by atoms with van der Waals surface area (Å²) >= 11 is 0. The van der Waals surface area contributed by atoms with Gasteiger partial charge in [-0.2, -0.15) is 0 Å². The number of amides is 2. The van der Waals surface area contributed by atoms with Crippen LogP contribution in [-0.4, -0.2) is 15.4 Å². The number of aryl methyl sites for hydroxylation is 2. The number of pyridine rings is 1. The molecule has 0 aliphatic heterocycles. The van der Waals surface area contributed by atoms with Crippen molar-refractivity contribution >= 4 is 23.1 Å². The van der Waals surface area contributed by atoms with E-state index in [-0.39, 0.29) is 12.2 Å². The van der Waals surface area contributed by atoms with E-state index in [0.717, 1.165) is 5.56 Å². The molecule has 162 valence electrons. The maximum Gasteiger partial charge on any atom is 0.323 e. The Morgan fingerprint density at radius 1 is 1.06 bits per heavy atom. The van der Waals surface area contributed by atoms with E-state index < -0.39 is 11.8 Å². The van der Waals surface area contributed by atoms with Gasteiger partial charge in [-0.05, 0) is 55.3 Å².